The molecule has 0 aliphatic carbocycles. The molecule has 1 fully saturated rings. The van der Waals surface area contributed by atoms with Crippen molar-refractivity contribution in [1.82, 2.24) is 9.97 Å². The van der Waals surface area contributed by atoms with E-state index in [0.29, 0.717) is 31.3 Å². The topological polar surface area (TPSA) is 96.8 Å². The molecule has 1 saturated heterocycles. The van der Waals surface area contributed by atoms with Gasteiger partial charge in [0.2, 0.25) is 0 Å². The first-order valence-electron chi connectivity index (χ1n) is 8.57. The van der Waals surface area contributed by atoms with Gasteiger partial charge in [-0.15, -0.1) is 0 Å². The first kappa shape index (κ1) is 18.3. The highest BCUT2D eigenvalue weighted by molar-refractivity contribution is 5.95. The van der Waals surface area contributed by atoms with E-state index in [4.69, 9.17) is 9.47 Å². The van der Waals surface area contributed by atoms with Crippen molar-refractivity contribution in [3.05, 3.63) is 24.5 Å². The van der Waals surface area contributed by atoms with E-state index in [0.717, 1.165) is 10.9 Å². The molecule has 0 spiro atoms. The lowest BCUT2D eigenvalue weighted by molar-refractivity contribution is 0.0636. The number of nitrogens with zero attached hydrogens (tertiary/aromatic N) is 3. The van der Waals surface area contributed by atoms with Crippen molar-refractivity contribution in [2.75, 3.05) is 36.6 Å². The molecule has 8 heteroatoms. The van der Waals surface area contributed by atoms with Gasteiger partial charge < -0.3 is 19.5 Å². The highest BCUT2D eigenvalue weighted by atomic mass is 16.6. The predicted molar refractivity (Wildman–Crippen MR) is 98.4 cm³/mol. The first-order valence-corrected chi connectivity index (χ1v) is 8.57. The minimum atomic E-state index is -0.572. The van der Waals surface area contributed by atoms with E-state index < -0.39 is 11.7 Å². The fraction of sp³-hybridized carbons (Fsp3) is 0.500. The van der Waals surface area contributed by atoms with Crippen molar-refractivity contribution in [2.45, 2.75) is 32.4 Å². The Balaban J connectivity index is 1.91. The van der Waals surface area contributed by atoms with Gasteiger partial charge in [-0.25, -0.2) is 14.8 Å². The van der Waals surface area contributed by atoms with Crippen LogP contribution in [0.2, 0.25) is 0 Å². The number of aliphatic hydroxyl groups is 1. The zero-order valence-electron chi connectivity index (χ0n) is 15.2. The van der Waals surface area contributed by atoms with Gasteiger partial charge in [-0.1, -0.05) is 0 Å². The number of carbonyl (C=O) groups is 1. The molecular formula is C18H24N4O4. The molecule has 0 radical (unpaired) electrons. The molecule has 8 nitrogen and oxygen atoms in total. The zero-order valence-corrected chi connectivity index (χ0v) is 15.2. The SMILES string of the molecule is CC(C)(C)OC(=O)Nc1ccc2ncnc(N3CCOCC3CO)c2c1. The van der Waals surface area contributed by atoms with E-state index in [9.17, 15) is 9.90 Å². The number of aromatic nitrogens is 2. The molecule has 1 aliphatic rings. The van der Waals surface area contributed by atoms with E-state index in [-0.39, 0.29) is 12.6 Å². The Kier molecular flexibility index (Phi) is 5.24. The minimum Gasteiger partial charge on any atom is -0.444 e. The summed E-state index contributed by atoms with van der Waals surface area (Å²) in [5, 5.41) is 13.2. The largest absolute Gasteiger partial charge is 0.444 e. The summed E-state index contributed by atoms with van der Waals surface area (Å²) in [4.78, 5) is 22.7. The lowest BCUT2D eigenvalue weighted by atomic mass is 10.1. The smallest absolute Gasteiger partial charge is 0.412 e. The summed E-state index contributed by atoms with van der Waals surface area (Å²) in [7, 11) is 0. The Morgan fingerprint density at radius 3 is 2.96 bits per heavy atom. The quantitative estimate of drug-likeness (QED) is 0.866. The maximum atomic E-state index is 12.0. The number of hydrogen-bond acceptors (Lipinski definition) is 7. The lowest BCUT2D eigenvalue weighted by Gasteiger charge is -2.35. The van der Waals surface area contributed by atoms with Gasteiger partial charge in [0.25, 0.3) is 0 Å². The van der Waals surface area contributed by atoms with Gasteiger partial charge in [0.05, 0.1) is 31.4 Å². The molecule has 140 valence electrons. The van der Waals surface area contributed by atoms with Crippen LogP contribution in [0.15, 0.2) is 24.5 Å². The van der Waals surface area contributed by atoms with Crippen LogP contribution in [-0.4, -0.2) is 59.2 Å². The molecule has 1 aromatic heterocycles. The van der Waals surface area contributed by atoms with Crippen molar-refractivity contribution in [2.24, 2.45) is 0 Å². The Hall–Kier alpha value is -2.45. The highest BCUT2D eigenvalue weighted by Crippen LogP contribution is 2.28. The van der Waals surface area contributed by atoms with Crippen LogP contribution in [0.1, 0.15) is 20.8 Å². The molecule has 0 bridgehead atoms. The van der Waals surface area contributed by atoms with Crippen LogP contribution in [0.3, 0.4) is 0 Å². The molecule has 1 amide bonds. The van der Waals surface area contributed by atoms with Crippen LogP contribution in [0, 0.1) is 0 Å². The molecule has 1 aromatic carbocycles. The van der Waals surface area contributed by atoms with Gasteiger partial charge in [-0.05, 0) is 39.0 Å². The van der Waals surface area contributed by atoms with E-state index >= 15 is 0 Å². The van der Waals surface area contributed by atoms with E-state index in [2.05, 4.69) is 15.3 Å². The van der Waals surface area contributed by atoms with Crippen LogP contribution >= 0.6 is 0 Å². The second kappa shape index (κ2) is 7.43. The number of ether oxygens (including phenoxy) is 2. The molecule has 2 N–H and O–H groups in total. The first-order chi connectivity index (χ1) is 12.4. The number of amides is 1. The maximum Gasteiger partial charge on any atom is 0.412 e. The van der Waals surface area contributed by atoms with Gasteiger partial charge in [0, 0.05) is 17.6 Å². The van der Waals surface area contributed by atoms with Crippen molar-refractivity contribution < 1.29 is 19.4 Å². The third-order valence-electron chi connectivity index (χ3n) is 3.97. The number of nitrogens with one attached hydrogen (secondary N) is 1. The van der Waals surface area contributed by atoms with E-state index in [1.807, 2.05) is 37.8 Å². The molecular weight excluding hydrogens is 336 g/mol. The number of hydrogen-bond donors (Lipinski definition) is 2. The summed E-state index contributed by atoms with van der Waals surface area (Å²) < 4.78 is 10.7. The Labute approximate surface area is 152 Å². The molecule has 2 aromatic rings. The standard InChI is InChI=1S/C18H24N4O4/c1-18(2,3)26-17(24)21-12-4-5-15-14(8-12)16(20-11-19-15)22-6-7-25-10-13(22)9-23/h4-5,8,11,13,23H,6-7,9-10H2,1-3H3,(H,21,24). The van der Waals surface area contributed by atoms with Crippen molar-refractivity contribution in [1.29, 1.82) is 0 Å². The lowest BCUT2D eigenvalue weighted by Crippen LogP contribution is -2.48. The van der Waals surface area contributed by atoms with Crippen molar-refractivity contribution in [3.8, 4) is 0 Å². The predicted octanol–water partition coefficient (Wildman–Crippen LogP) is 2.17. The normalized spacial score (nSPS) is 18.0. The zero-order chi connectivity index (χ0) is 18.7. The Bertz CT molecular complexity index is 790. The fourth-order valence-corrected chi connectivity index (χ4v) is 2.86. The number of aliphatic hydroxyl groups excluding tert-OH is 1. The van der Waals surface area contributed by atoms with E-state index in [1.165, 1.54) is 6.33 Å². The van der Waals surface area contributed by atoms with Gasteiger partial charge in [0.1, 0.15) is 17.7 Å². The van der Waals surface area contributed by atoms with Gasteiger partial charge in [0.15, 0.2) is 0 Å². The van der Waals surface area contributed by atoms with Gasteiger partial charge >= 0.3 is 6.09 Å². The second-order valence-corrected chi connectivity index (χ2v) is 7.16. The van der Waals surface area contributed by atoms with Crippen LogP contribution in [0.4, 0.5) is 16.3 Å². The summed E-state index contributed by atoms with van der Waals surface area (Å²) in [5.74, 6) is 0.713. The number of carbonyl (C=O) groups excluding carboxylic acids is 1. The third kappa shape index (κ3) is 4.20. The number of morpholine rings is 1. The second-order valence-electron chi connectivity index (χ2n) is 7.16. The summed E-state index contributed by atoms with van der Waals surface area (Å²) in [6.07, 6.45) is 0.984. The molecule has 1 atom stereocenters. The van der Waals surface area contributed by atoms with Crippen molar-refractivity contribution >= 4 is 28.5 Å². The molecule has 2 heterocycles. The fourth-order valence-electron chi connectivity index (χ4n) is 2.86. The minimum absolute atomic E-state index is 0.0264. The molecule has 1 unspecified atom stereocenters. The van der Waals surface area contributed by atoms with Gasteiger partial charge in [-0.3, -0.25) is 5.32 Å². The Morgan fingerprint density at radius 1 is 1.42 bits per heavy atom. The maximum absolute atomic E-state index is 12.0. The van der Waals surface area contributed by atoms with E-state index in [1.54, 1.807) is 6.07 Å². The number of rotatable bonds is 3. The molecule has 26 heavy (non-hydrogen) atoms. The Morgan fingerprint density at radius 2 is 2.23 bits per heavy atom. The summed E-state index contributed by atoms with van der Waals surface area (Å²) in [5.41, 5.74) is 0.779. The summed E-state index contributed by atoms with van der Waals surface area (Å²) in [6.45, 7) is 7.04. The third-order valence-corrected chi connectivity index (χ3v) is 3.97. The average Bonchev–Trinajstić information content (AvgIpc) is 2.59. The van der Waals surface area contributed by atoms with Crippen molar-refractivity contribution in [3.63, 3.8) is 0 Å². The van der Waals surface area contributed by atoms with Crippen LogP contribution in [0.25, 0.3) is 10.9 Å². The molecule has 3 rings (SSSR count). The highest BCUT2D eigenvalue weighted by Gasteiger charge is 2.25. The molecule has 1 aliphatic heterocycles. The number of benzene rings is 1. The van der Waals surface area contributed by atoms with Crippen LogP contribution in [0.5, 0.6) is 0 Å². The monoisotopic (exact) mass is 360 g/mol. The summed E-state index contributed by atoms with van der Waals surface area (Å²) in [6, 6.07) is 5.25. The van der Waals surface area contributed by atoms with Crippen LogP contribution < -0.4 is 10.2 Å². The number of anilines is 2. The van der Waals surface area contributed by atoms with Crippen LogP contribution in [-0.2, 0) is 9.47 Å². The average molecular weight is 360 g/mol. The molecule has 0 saturated carbocycles. The van der Waals surface area contributed by atoms with Gasteiger partial charge in [-0.2, -0.15) is 0 Å². The number of fused-ring (bicyclic) bond motifs is 1. The summed E-state index contributed by atoms with van der Waals surface area (Å²) >= 11 is 0.